The van der Waals surface area contributed by atoms with E-state index in [1.54, 1.807) is 6.07 Å². The topological polar surface area (TPSA) is 49.8 Å². The average Bonchev–Trinajstić information content (AvgIpc) is 2.66. The molecular weight excluding hydrogens is 362 g/mol. The van der Waals surface area contributed by atoms with Crippen LogP contribution in [0.3, 0.4) is 0 Å². The molecule has 3 rings (SSSR count). The first-order valence-corrected chi connectivity index (χ1v) is 9.80. The minimum absolute atomic E-state index is 0.00423. The molecule has 1 atom stereocenters. The molecule has 0 saturated carbocycles. The Kier molecular flexibility index (Phi) is 6.89. The van der Waals surface area contributed by atoms with Crippen LogP contribution < -0.4 is 4.74 Å². The van der Waals surface area contributed by atoms with Crippen LogP contribution in [0.1, 0.15) is 34.3 Å². The van der Waals surface area contributed by atoms with Crippen molar-refractivity contribution in [3.63, 3.8) is 0 Å². The van der Waals surface area contributed by atoms with Crippen molar-refractivity contribution < 1.29 is 14.6 Å². The highest BCUT2D eigenvalue weighted by Crippen LogP contribution is 2.25. The number of carbonyl (C=O) groups excluding carboxylic acids is 1. The number of ether oxygens (including phenoxy) is 1. The molecule has 1 aliphatic rings. The van der Waals surface area contributed by atoms with Gasteiger partial charge in [0, 0.05) is 29.6 Å². The number of piperidine rings is 1. The van der Waals surface area contributed by atoms with Gasteiger partial charge in [0.25, 0.3) is 0 Å². The molecule has 2 aromatic rings. The van der Waals surface area contributed by atoms with Crippen molar-refractivity contribution in [3.8, 4) is 5.75 Å². The van der Waals surface area contributed by atoms with Crippen molar-refractivity contribution in [1.82, 2.24) is 4.90 Å². The van der Waals surface area contributed by atoms with Gasteiger partial charge in [0.15, 0.2) is 5.78 Å². The van der Waals surface area contributed by atoms with E-state index in [-0.39, 0.29) is 18.3 Å². The normalized spacial score (nSPS) is 17.7. The number of ketones is 1. The van der Waals surface area contributed by atoms with Gasteiger partial charge in [-0.1, -0.05) is 23.7 Å². The Morgan fingerprint density at radius 1 is 1.30 bits per heavy atom. The fourth-order valence-corrected chi connectivity index (χ4v) is 3.92. The van der Waals surface area contributed by atoms with Gasteiger partial charge in [-0.2, -0.15) is 0 Å². The number of carbonyl (C=O) groups is 1. The van der Waals surface area contributed by atoms with E-state index in [0.717, 1.165) is 54.9 Å². The number of nitrogens with zero attached hydrogens (tertiary/aromatic N) is 1. The van der Waals surface area contributed by atoms with Gasteiger partial charge < -0.3 is 9.84 Å². The lowest BCUT2D eigenvalue weighted by molar-refractivity contribution is 0.0811. The monoisotopic (exact) mass is 387 g/mol. The number of Topliss-reactive ketones (excluding diaryl/α,β-unsaturated/α-hetero) is 1. The summed E-state index contributed by atoms with van der Waals surface area (Å²) >= 11 is 6.02. The molecule has 0 spiro atoms. The summed E-state index contributed by atoms with van der Waals surface area (Å²) in [6, 6.07) is 13.4. The van der Waals surface area contributed by atoms with Gasteiger partial charge in [0.05, 0.1) is 6.61 Å². The van der Waals surface area contributed by atoms with Gasteiger partial charge in [0.2, 0.25) is 0 Å². The van der Waals surface area contributed by atoms with Gasteiger partial charge in [-0.05, 0) is 67.8 Å². The van der Waals surface area contributed by atoms with Crippen LogP contribution in [-0.4, -0.2) is 42.1 Å². The third-order valence-electron chi connectivity index (χ3n) is 4.99. The Balaban J connectivity index is 1.65. The summed E-state index contributed by atoms with van der Waals surface area (Å²) in [5, 5.41) is 9.56. The van der Waals surface area contributed by atoms with Crippen LogP contribution in [-0.2, 0) is 6.54 Å². The van der Waals surface area contributed by atoms with Crippen molar-refractivity contribution in [3.05, 3.63) is 64.2 Å². The number of halogens is 1. The highest BCUT2D eigenvalue weighted by atomic mass is 35.5. The van der Waals surface area contributed by atoms with E-state index in [1.165, 1.54) is 0 Å². The number of aliphatic hydroxyl groups excluding tert-OH is 1. The summed E-state index contributed by atoms with van der Waals surface area (Å²) in [5.74, 6) is 1.00. The second-order valence-electron chi connectivity index (χ2n) is 7.12. The molecule has 1 heterocycles. The maximum Gasteiger partial charge on any atom is 0.167 e. The predicted molar refractivity (Wildman–Crippen MR) is 108 cm³/mol. The molecule has 0 aliphatic carbocycles. The molecule has 1 aliphatic heterocycles. The van der Waals surface area contributed by atoms with Crippen molar-refractivity contribution >= 4 is 17.4 Å². The first kappa shape index (κ1) is 19.9. The Hall–Kier alpha value is -1.88. The number of benzene rings is 2. The lowest BCUT2D eigenvalue weighted by Crippen LogP contribution is -2.38. The average molecular weight is 388 g/mol. The minimum atomic E-state index is 0.00423. The van der Waals surface area contributed by atoms with Crippen LogP contribution in [0.15, 0.2) is 42.5 Å². The van der Waals surface area contributed by atoms with Crippen LogP contribution in [0.5, 0.6) is 5.75 Å². The molecule has 1 saturated heterocycles. The zero-order valence-electron chi connectivity index (χ0n) is 15.7. The van der Waals surface area contributed by atoms with E-state index >= 15 is 0 Å². The van der Waals surface area contributed by atoms with E-state index in [2.05, 4.69) is 11.0 Å². The second kappa shape index (κ2) is 9.36. The van der Waals surface area contributed by atoms with Crippen LogP contribution >= 0.6 is 11.6 Å². The summed E-state index contributed by atoms with van der Waals surface area (Å²) in [7, 11) is 0. The first-order valence-electron chi connectivity index (χ1n) is 9.42. The summed E-state index contributed by atoms with van der Waals surface area (Å²) in [6.45, 7) is 4.79. The SMILES string of the molecule is Cc1cc(Cl)ccc1C(=O)[C@H]1CCCN(Cc2cccc(OCCO)c2)C1. The minimum Gasteiger partial charge on any atom is -0.491 e. The highest BCUT2D eigenvalue weighted by molar-refractivity contribution is 6.30. The quantitative estimate of drug-likeness (QED) is 0.726. The van der Waals surface area contributed by atoms with Crippen molar-refractivity contribution in [1.29, 1.82) is 0 Å². The van der Waals surface area contributed by atoms with Crippen molar-refractivity contribution in [2.45, 2.75) is 26.3 Å². The van der Waals surface area contributed by atoms with Crippen LogP contribution in [0, 0.1) is 12.8 Å². The molecule has 4 nitrogen and oxygen atoms in total. The molecule has 27 heavy (non-hydrogen) atoms. The molecule has 0 aromatic heterocycles. The molecule has 0 bridgehead atoms. The maximum absolute atomic E-state index is 13.0. The summed E-state index contributed by atoms with van der Waals surface area (Å²) in [6.07, 6.45) is 1.95. The third-order valence-corrected chi connectivity index (χ3v) is 5.23. The summed E-state index contributed by atoms with van der Waals surface area (Å²) in [5.41, 5.74) is 2.88. The Morgan fingerprint density at radius 3 is 2.93 bits per heavy atom. The van der Waals surface area contributed by atoms with E-state index < -0.39 is 0 Å². The van der Waals surface area contributed by atoms with Crippen LogP contribution in [0.2, 0.25) is 5.02 Å². The zero-order valence-corrected chi connectivity index (χ0v) is 16.4. The molecule has 0 amide bonds. The lowest BCUT2D eigenvalue weighted by Gasteiger charge is -2.32. The van der Waals surface area contributed by atoms with Crippen molar-refractivity contribution in [2.24, 2.45) is 5.92 Å². The second-order valence-corrected chi connectivity index (χ2v) is 7.55. The smallest absolute Gasteiger partial charge is 0.167 e. The lowest BCUT2D eigenvalue weighted by atomic mass is 9.88. The van der Waals surface area contributed by atoms with E-state index in [1.807, 2.05) is 37.3 Å². The molecule has 1 N–H and O–H groups in total. The summed E-state index contributed by atoms with van der Waals surface area (Å²) in [4.78, 5) is 15.3. The molecule has 2 aromatic carbocycles. The van der Waals surface area contributed by atoms with E-state index in [9.17, 15) is 4.79 Å². The molecule has 5 heteroatoms. The van der Waals surface area contributed by atoms with Gasteiger partial charge in [-0.25, -0.2) is 0 Å². The van der Waals surface area contributed by atoms with Gasteiger partial charge in [-0.15, -0.1) is 0 Å². The maximum atomic E-state index is 13.0. The fourth-order valence-electron chi connectivity index (χ4n) is 3.69. The van der Waals surface area contributed by atoms with E-state index in [0.29, 0.717) is 11.6 Å². The third kappa shape index (κ3) is 5.32. The first-order chi connectivity index (χ1) is 13.1. The van der Waals surface area contributed by atoms with Crippen LogP contribution in [0.25, 0.3) is 0 Å². The molecule has 144 valence electrons. The van der Waals surface area contributed by atoms with Crippen molar-refractivity contribution in [2.75, 3.05) is 26.3 Å². The number of aliphatic hydroxyl groups is 1. The number of aryl methyl sites for hydroxylation is 1. The zero-order chi connectivity index (χ0) is 19.2. The molecule has 1 fully saturated rings. The van der Waals surface area contributed by atoms with Crippen LogP contribution in [0.4, 0.5) is 0 Å². The predicted octanol–water partition coefficient (Wildman–Crippen LogP) is 4.11. The largest absolute Gasteiger partial charge is 0.491 e. The van der Waals surface area contributed by atoms with Gasteiger partial charge in [-0.3, -0.25) is 9.69 Å². The van der Waals surface area contributed by atoms with E-state index in [4.69, 9.17) is 21.4 Å². The molecule has 0 radical (unpaired) electrons. The number of likely N-dealkylation sites (tertiary alicyclic amines) is 1. The molecule has 0 unspecified atom stereocenters. The number of hydrogen-bond acceptors (Lipinski definition) is 4. The van der Waals surface area contributed by atoms with Gasteiger partial charge >= 0.3 is 0 Å². The van der Waals surface area contributed by atoms with Gasteiger partial charge in [0.1, 0.15) is 12.4 Å². The Morgan fingerprint density at radius 2 is 2.15 bits per heavy atom. The Bertz CT molecular complexity index is 793. The number of rotatable bonds is 7. The number of hydrogen-bond donors (Lipinski definition) is 1. The molecular formula is C22H26ClNO3. The Labute approximate surface area is 165 Å². The standard InChI is InChI=1S/C22H26ClNO3/c1-16-12-19(23)7-8-21(16)22(26)18-5-3-9-24(15-18)14-17-4-2-6-20(13-17)27-11-10-25/h2,4,6-8,12-13,18,25H,3,5,9-11,14-15H2,1H3/t18-/m0/s1. The fraction of sp³-hybridized carbons (Fsp3) is 0.409. The summed E-state index contributed by atoms with van der Waals surface area (Å²) < 4.78 is 5.49. The highest BCUT2D eigenvalue weighted by Gasteiger charge is 2.27.